The number of halogens is 1. The number of furan rings is 1. The summed E-state index contributed by atoms with van der Waals surface area (Å²) in [5, 5.41) is 0. The second-order valence-electron chi connectivity index (χ2n) is 3.72. The number of rotatable bonds is 3. The first-order chi connectivity index (χ1) is 8.65. The van der Waals surface area contributed by atoms with Gasteiger partial charge in [-0.3, -0.25) is 4.79 Å². The van der Waals surface area contributed by atoms with Gasteiger partial charge in [-0.25, -0.2) is 0 Å². The maximum absolute atomic E-state index is 12.4. The average molecular weight is 309 g/mol. The van der Waals surface area contributed by atoms with Crippen molar-refractivity contribution in [2.75, 3.05) is 17.2 Å². The number of carbonyl (C=O) groups is 1. The van der Waals surface area contributed by atoms with E-state index >= 15 is 0 Å². The van der Waals surface area contributed by atoms with Gasteiger partial charge in [0.25, 0.3) is 5.91 Å². The fraction of sp³-hybridized carbons (Fsp3) is 0.154. The molecule has 1 amide bonds. The largest absolute Gasteiger partial charge is 0.457 e. The molecule has 0 atom stereocenters. The molecule has 2 rings (SSSR count). The Hall–Kier alpha value is -1.75. The molecule has 0 aliphatic heterocycles. The first-order valence-electron chi connectivity index (χ1n) is 5.54. The zero-order valence-corrected chi connectivity index (χ0v) is 11.5. The van der Waals surface area contributed by atoms with Crippen molar-refractivity contribution < 1.29 is 9.21 Å². The number of benzene rings is 1. The molecule has 0 fully saturated rings. The molecule has 0 spiro atoms. The fourth-order valence-corrected chi connectivity index (χ4v) is 2.16. The first-order valence-corrected chi connectivity index (χ1v) is 6.33. The third-order valence-corrected chi connectivity index (χ3v) is 3.25. The van der Waals surface area contributed by atoms with Crippen molar-refractivity contribution in [3.8, 4) is 0 Å². The lowest BCUT2D eigenvalue weighted by Gasteiger charge is -2.22. The molecule has 1 heterocycles. The van der Waals surface area contributed by atoms with Gasteiger partial charge < -0.3 is 15.1 Å². The van der Waals surface area contributed by atoms with E-state index in [0.717, 1.165) is 0 Å². The second-order valence-corrected chi connectivity index (χ2v) is 4.44. The normalized spacial score (nSPS) is 10.3. The number of anilines is 2. The quantitative estimate of drug-likeness (QED) is 0.885. The van der Waals surface area contributed by atoms with Crippen molar-refractivity contribution in [2.45, 2.75) is 6.92 Å². The van der Waals surface area contributed by atoms with Crippen LogP contribution in [0.15, 0.2) is 45.7 Å². The second kappa shape index (κ2) is 5.27. The molecule has 1 aromatic carbocycles. The molecule has 0 aliphatic rings. The molecule has 2 aromatic rings. The van der Waals surface area contributed by atoms with Crippen molar-refractivity contribution in [1.82, 2.24) is 0 Å². The summed E-state index contributed by atoms with van der Waals surface area (Å²) in [6.07, 6.45) is 1.47. The highest BCUT2D eigenvalue weighted by atomic mass is 79.9. The Morgan fingerprint density at radius 2 is 2.11 bits per heavy atom. The molecule has 2 N–H and O–H groups in total. The van der Waals surface area contributed by atoms with Crippen LogP contribution in [-0.4, -0.2) is 12.5 Å². The highest BCUT2D eigenvalue weighted by Gasteiger charge is 2.21. The Bertz CT molecular complexity index is 566. The summed E-state index contributed by atoms with van der Waals surface area (Å²) in [6.45, 7) is 2.43. The lowest BCUT2D eigenvalue weighted by atomic mass is 10.2. The Balaban J connectivity index is 2.39. The number of nitrogens with two attached hydrogens (primary N) is 1. The van der Waals surface area contributed by atoms with Crippen LogP contribution in [0.2, 0.25) is 0 Å². The number of amides is 1. The summed E-state index contributed by atoms with van der Waals surface area (Å²) in [5.41, 5.74) is 7.67. The smallest absolute Gasteiger partial charge is 0.262 e. The van der Waals surface area contributed by atoms with E-state index in [9.17, 15) is 4.79 Å². The summed E-state index contributed by atoms with van der Waals surface area (Å²) in [4.78, 5) is 14.0. The zero-order chi connectivity index (χ0) is 13.1. The van der Waals surface area contributed by atoms with E-state index in [4.69, 9.17) is 10.2 Å². The molecule has 0 bridgehead atoms. The summed E-state index contributed by atoms with van der Waals surface area (Å²) in [7, 11) is 0. The van der Waals surface area contributed by atoms with E-state index in [1.54, 1.807) is 17.0 Å². The molecular weight excluding hydrogens is 296 g/mol. The Kier molecular flexibility index (Phi) is 3.72. The molecule has 5 heteroatoms. The van der Waals surface area contributed by atoms with Gasteiger partial charge in [0.1, 0.15) is 0 Å². The van der Waals surface area contributed by atoms with Crippen LogP contribution in [-0.2, 0) is 0 Å². The van der Waals surface area contributed by atoms with Crippen molar-refractivity contribution in [3.63, 3.8) is 0 Å². The Labute approximate surface area is 114 Å². The van der Waals surface area contributed by atoms with Crippen LogP contribution in [0.3, 0.4) is 0 Å². The SMILES string of the molecule is CCN(C(=O)c1ccoc1Br)c1ccccc1N. The van der Waals surface area contributed by atoms with Gasteiger partial charge in [-0.15, -0.1) is 0 Å². The predicted molar refractivity (Wildman–Crippen MR) is 74.6 cm³/mol. The van der Waals surface area contributed by atoms with Crippen molar-refractivity contribution in [2.24, 2.45) is 0 Å². The average Bonchev–Trinajstić information content (AvgIpc) is 2.78. The van der Waals surface area contributed by atoms with Crippen LogP contribution in [0, 0.1) is 0 Å². The van der Waals surface area contributed by atoms with Crippen LogP contribution < -0.4 is 10.6 Å². The molecule has 1 aromatic heterocycles. The van der Waals surface area contributed by atoms with E-state index in [1.807, 2.05) is 25.1 Å². The molecule has 0 aliphatic carbocycles. The predicted octanol–water partition coefficient (Wildman–Crippen LogP) is 3.29. The van der Waals surface area contributed by atoms with E-state index in [1.165, 1.54) is 6.26 Å². The Morgan fingerprint density at radius 3 is 2.67 bits per heavy atom. The summed E-state index contributed by atoms with van der Waals surface area (Å²) in [6, 6.07) is 8.92. The third kappa shape index (κ3) is 2.26. The molecule has 0 saturated carbocycles. The lowest BCUT2D eigenvalue weighted by Crippen LogP contribution is -2.31. The van der Waals surface area contributed by atoms with Gasteiger partial charge in [0.05, 0.1) is 23.2 Å². The minimum absolute atomic E-state index is 0.143. The highest BCUT2D eigenvalue weighted by Crippen LogP contribution is 2.26. The monoisotopic (exact) mass is 308 g/mol. The summed E-state index contributed by atoms with van der Waals surface area (Å²) >= 11 is 3.21. The van der Waals surface area contributed by atoms with E-state index in [-0.39, 0.29) is 5.91 Å². The van der Waals surface area contributed by atoms with Crippen LogP contribution in [0.4, 0.5) is 11.4 Å². The van der Waals surface area contributed by atoms with Crippen molar-refractivity contribution >= 4 is 33.2 Å². The zero-order valence-electron chi connectivity index (χ0n) is 9.89. The molecule has 0 saturated heterocycles. The highest BCUT2D eigenvalue weighted by molar-refractivity contribution is 9.10. The minimum Gasteiger partial charge on any atom is -0.457 e. The van der Waals surface area contributed by atoms with Gasteiger partial charge in [0.15, 0.2) is 4.67 Å². The van der Waals surface area contributed by atoms with Crippen LogP contribution in [0.1, 0.15) is 17.3 Å². The minimum atomic E-state index is -0.143. The standard InChI is InChI=1S/C13H13BrN2O2/c1-2-16(11-6-4-3-5-10(11)15)13(17)9-7-8-18-12(9)14/h3-8H,2,15H2,1H3. The molecule has 0 unspecified atom stereocenters. The lowest BCUT2D eigenvalue weighted by molar-refractivity contribution is 0.0987. The fourth-order valence-electron chi connectivity index (χ4n) is 1.75. The van der Waals surface area contributed by atoms with Crippen molar-refractivity contribution in [1.29, 1.82) is 0 Å². The van der Waals surface area contributed by atoms with E-state index in [2.05, 4.69) is 15.9 Å². The number of nitrogen functional groups attached to an aromatic ring is 1. The molecule has 0 radical (unpaired) electrons. The number of hydrogen-bond acceptors (Lipinski definition) is 3. The van der Waals surface area contributed by atoms with E-state index < -0.39 is 0 Å². The van der Waals surface area contributed by atoms with Crippen LogP contribution >= 0.6 is 15.9 Å². The number of hydrogen-bond donors (Lipinski definition) is 1. The van der Waals surface area contributed by atoms with Gasteiger partial charge in [-0.1, -0.05) is 12.1 Å². The summed E-state index contributed by atoms with van der Waals surface area (Å²) < 4.78 is 5.52. The van der Waals surface area contributed by atoms with Gasteiger partial charge in [-0.05, 0) is 41.1 Å². The summed E-state index contributed by atoms with van der Waals surface area (Å²) in [5.74, 6) is -0.143. The topological polar surface area (TPSA) is 59.5 Å². The number of para-hydroxylation sites is 2. The first kappa shape index (κ1) is 12.7. The number of nitrogens with zero attached hydrogens (tertiary/aromatic N) is 1. The van der Waals surface area contributed by atoms with Crippen LogP contribution in [0.25, 0.3) is 0 Å². The van der Waals surface area contributed by atoms with Gasteiger partial charge in [0.2, 0.25) is 0 Å². The molecule has 4 nitrogen and oxygen atoms in total. The number of carbonyl (C=O) groups excluding carboxylic acids is 1. The third-order valence-electron chi connectivity index (χ3n) is 2.64. The van der Waals surface area contributed by atoms with Gasteiger partial charge in [0, 0.05) is 6.54 Å². The molecular formula is C13H13BrN2O2. The maximum Gasteiger partial charge on any atom is 0.262 e. The maximum atomic E-state index is 12.4. The molecule has 94 valence electrons. The van der Waals surface area contributed by atoms with Gasteiger partial charge in [-0.2, -0.15) is 0 Å². The van der Waals surface area contributed by atoms with Crippen molar-refractivity contribution in [3.05, 3.63) is 46.8 Å². The van der Waals surface area contributed by atoms with E-state index in [0.29, 0.717) is 28.2 Å². The molecule has 18 heavy (non-hydrogen) atoms. The van der Waals surface area contributed by atoms with Gasteiger partial charge >= 0.3 is 0 Å². The Morgan fingerprint density at radius 1 is 1.39 bits per heavy atom. The van der Waals surface area contributed by atoms with Crippen LogP contribution in [0.5, 0.6) is 0 Å².